The van der Waals surface area contributed by atoms with Crippen LogP contribution in [0.3, 0.4) is 0 Å². The second-order valence-electron chi connectivity index (χ2n) is 8.66. The molecule has 35 heavy (non-hydrogen) atoms. The molecule has 0 bridgehead atoms. The average Bonchev–Trinajstić information content (AvgIpc) is 2.92. The normalized spacial score (nSPS) is 11.6. The Hall–Kier alpha value is -4.34. The smallest absolute Gasteiger partial charge is 0.208 e. The number of benzene rings is 6. The van der Waals surface area contributed by atoms with Crippen molar-refractivity contribution in [2.24, 2.45) is 0 Å². The van der Waals surface area contributed by atoms with Gasteiger partial charge >= 0.3 is 0 Å². The van der Waals surface area contributed by atoms with Crippen LogP contribution in [-0.4, -0.2) is 15.0 Å². The third-order valence-electron chi connectivity index (χ3n) is 6.64. The molecule has 0 fully saturated rings. The van der Waals surface area contributed by atoms with Crippen molar-refractivity contribution >= 4 is 54.7 Å². The number of hydrogen-bond acceptors (Lipinski definition) is 3. The molecule has 7 rings (SSSR count). The molecular weight excluding hydrogens is 450 g/mol. The lowest BCUT2D eigenvalue weighted by Gasteiger charge is -2.10. The standard InChI is InChI=1S/C31H18ClN3/c32-31-34-29(22-15-16-25-21(18-22)13-12-19-6-1-3-8-23(19)25)33-30(35-31)28-11-5-10-26-24-9-4-2-7-20(24)14-17-27(26)28/h1-18H. The van der Waals surface area contributed by atoms with E-state index in [1.165, 1.54) is 26.9 Å². The highest BCUT2D eigenvalue weighted by atomic mass is 35.5. The van der Waals surface area contributed by atoms with E-state index >= 15 is 0 Å². The Kier molecular flexibility index (Phi) is 4.51. The Bertz CT molecular complexity index is 1930. The minimum absolute atomic E-state index is 0.182. The fourth-order valence-corrected chi connectivity index (χ4v) is 5.15. The summed E-state index contributed by atoms with van der Waals surface area (Å²) in [5, 5.41) is 9.63. The molecule has 0 saturated heterocycles. The molecule has 6 aromatic carbocycles. The van der Waals surface area contributed by atoms with Gasteiger partial charge in [0.15, 0.2) is 11.6 Å². The molecule has 3 nitrogen and oxygen atoms in total. The summed E-state index contributed by atoms with van der Waals surface area (Å²) in [6.07, 6.45) is 0. The molecule has 7 aromatic rings. The molecule has 164 valence electrons. The molecule has 0 radical (unpaired) electrons. The van der Waals surface area contributed by atoms with Crippen LogP contribution in [0, 0.1) is 0 Å². The van der Waals surface area contributed by atoms with E-state index in [2.05, 4.69) is 107 Å². The van der Waals surface area contributed by atoms with Gasteiger partial charge in [0.05, 0.1) is 0 Å². The van der Waals surface area contributed by atoms with Gasteiger partial charge in [0.25, 0.3) is 0 Å². The van der Waals surface area contributed by atoms with Crippen LogP contribution in [0.25, 0.3) is 65.9 Å². The van der Waals surface area contributed by atoms with E-state index in [9.17, 15) is 0 Å². The second kappa shape index (κ2) is 7.86. The maximum atomic E-state index is 6.43. The number of nitrogens with zero attached hydrogens (tertiary/aromatic N) is 3. The van der Waals surface area contributed by atoms with Gasteiger partial charge in [0.2, 0.25) is 5.28 Å². The second-order valence-corrected chi connectivity index (χ2v) is 9.00. The summed E-state index contributed by atoms with van der Waals surface area (Å²) >= 11 is 6.43. The van der Waals surface area contributed by atoms with Crippen LogP contribution >= 0.6 is 11.6 Å². The van der Waals surface area contributed by atoms with Crippen molar-refractivity contribution < 1.29 is 0 Å². The van der Waals surface area contributed by atoms with Crippen LogP contribution in [0.1, 0.15) is 0 Å². The predicted molar refractivity (Wildman–Crippen MR) is 146 cm³/mol. The highest BCUT2D eigenvalue weighted by Crippen LogP contribution is 2.34. The van der Waals surface area contributed by atoms with E-state index in [-0.39, 0.29) is 5.28 Å². The van der Waals surface area contributed by atoms with Crippen molar-refractivity contribution in [2.45, 2.75) is 0 Å². The molecule has 0 spiro atoms. The molecule has 0 aliphatic carbocycles. The SMILES string of the molecule is Clc1nc(-c2ccc3c(ccc4ccccc43)c2)nc(-c2cccc3c2ccc2ccccc23)n1. The molecular formula is C31H18ClN3. The molecule has 4 heteroatoms. The maximum Gasteiger partial charge on any atom is 0.226 e. The molecule has 0 aliphatic heterocycles. The Labute approximate surface area is 206 Å². The van der Waals surface area contributed by atoms with Gasteiger partial charge in [-0.25, -0.2) is 4.98 Å². The third-order valence-corrected chi connectivity index (χ3v) is 6.81. The fourth-order valence-electron chi connectivity index (χ4n) is 4.99. The monoisotopic (exact) mass is 467 g/mol. The number of halogens is 1. The van der Waals surface area contributed by atoms with E-state index in [1.54, 1.807) is 0 Å². The number of hydrogen-bond donors (Lipinski definition) is 0. The molecule has 0 atom stereocenters. The zero-order valence-electron chi connectivity index (χ0n) is 18.6. The largest absolute Gasteiger partial charge is 0.226 e. The Balaban J connectivity index is 1.41. The summed E-state index contributed by atoms with van der Waals surface area (Å²) in [7, 11) is 0. The molecule has 0 N–H and O–H groups in total. The van der Waals surface area contributed by atoms with Crippen molar-refractivity contribution in [3.8, 4) is 22.8 Å². The lowest BCUT2D eigenvalue weighted by Crippen LogP contribution is -1.98. The number of aromatic nitrogens is 3. The summed E-state index contributed by atoms with van der Waals surface area (Å²) in [5.74, 6) is 1.13. The van der Waals surface area contributed by atoms with Crippen molar-refractivity contribution in [3.63, 3.8) is 0 Å². The quantitative estimate of drug-likeness (QED) is 0.239. The van der Waals surface area contributed by atoms with E-state index in [4.69, 9.17) is 16.6 Å². The summed E-state index contributed by atoms with van der Waals surface area (Å²) in [5.41, 5.74) is 1.84. The molecule has 1 aromatic heterocycles. The topological polar surface area (TPSA) is 38.7 Å². The van der Waals surface area contributed by atoms with E-state index in [0.29, 0.717) is 11.6 Å². The lowest BCUT2D eigenvalue weighted by atomic mass is 9.98. The summed E-state index contributed by atoms with van der Waals surface area (Å²) in [4.78, 5) is 13.8. The van der Waals surface area contributed by atoms with Crippen molar-refractivity contribution in [3.05, 3.63) is 114 Å². The average molecular weight is 468 g/mol. The summed E-state index contributed by atoms with van der Waals surface area (Å²) < 4.78 is 0. The van der Waals surface area contributed by atoms with Crippen molar-refractivity contribution in [1.29, 1.82) is 0 Å². The molecule has 0 aliphatic rings. The Morgan fingerprint density at radius 2 is 1.03 bits per heavy atom. The van der Waals surface area contributed by atoms with Gasteiger partial charge in [-0.2, -0.15) is 9.97 Å². The number of rotatable bonds is 2. The first kappa shape index (κ1) is 20.1. The van der Waals surface area contributed by atoms with Crippen LogP contribution < -0.4 is 0 Å². The van der Waals surface area contributed by atoms with Crippen molar-refractivity contribution in [2.75, 3.05) is 0 Å². The van der Waals surface area contributed by atoms with Crippen LogP contribution in [0.5, 0.6) is 0 Å². The van der Waals surface area contributed by atoms with E-state index in [0.717, 1.165) is 27.3 Å². The molecule has 0 amide bonds. The van der Waals surface area contributed by atoms with Gasteiger partial charge in [-0.3, -0.25) is 0 Å². The van der Waals surface area contributed by atoms with E-state index < -0.39 is 0 Å². The highest BCUT2D eigenvalue weighted by Gasteiger charge is 2.14. The number of fused-ring (bicyclic) bond motifs is 6. The van der Waals surface area contributed by atoms with Gasteiger partial charge in [-0.05, 0) is 60.8 Å². The van der Waals surface area contributed by atoms with Gasteiger partial charge < -0.3 is 0 Å². The summed E-state index contributed by atoms with van der Waals surface area (Å²) in [6, 6.07) is 37.9. The third kappa shape index (κ3) is 3.32. The molecule has 0 saturated carbocycles. The summed E-state index contributed by atoms with van der Waals surface area (Å²) in [6.45, 7) is 0. The lowest BCUT2D eigenvalue weighted by molar-refractivity contribution is 1.07. The Morgan fingerprint density at radius 1 is 0.429 bits per heavy atom. The van der Waals surface area contributed by atoms with Gasteiger partial charge in [-0.1, -0.05) is 103 Å². The first-order valence-electron chi connectivity index (χ1n) is 11.5. The van der Waals surface area contributed by atoms with Gasteiger partial charge in [-0.15, -0.1) is 0 Å². The Morgan fingerprint density at radius 3 is 1.86 bits per heavy atom. The van der Waals surface area contributed by atoms with E-state index in [1.807, 2.05) is 12.1 Å². The van der Waals surface area contributed by atoms with Gasteiger partial charge in [0, 0.05) is 11.1 Å². The predicted octanol–water partition coefficient (Wildman–Crippen LogP) is 8.47. The first-order valence-corrected chi connectivity index (χ1v) is 11.9. The van der Waals surface area contributed by atoms with Crippen molar-refractivity contribution in [1.82, 2.24) is 15.0 Å². The molecule has 1 heterocycles. The van der Waals surface area contributed by atoms with Crippen LogP contribution in [0.2, 0.25) is 5.28 Å². The zero-order chi connectivity index (χ0) is 23.4. The minimum atomic E-state index is 0.182. The van der Waals surface area contributed by atoms with Crippen LogP contribution in [0.15, 0.2) is 109 Å². The minimum Gasteiger partial charge on any atom is -0.208 e. The molecule has 0 unspecified atom stereocenters. The zero-order valence-corrected chi connectivity index (χ0v) is 19.4. The highest BCUT2D eigenvalue weighted by molar-refractivity contribution is 6.28. The van der Waals surface area contributed by atoms with Crippen LogP contribution in [0.4, 0.5) is 0 Å². The van der Waals surface area contributed by atoms with Crippen LogP contribution in [-0.2, 0) is 0 Å². The maximum absolute atomic E-state index is 6.43. The fraction of sp³-hybridized carbons (Fsp3) is 0. The first-order chi connectivity index (χ1) is 17.2. The van der Waals surface area contributed by atoms with Gasteiger partial charge in [0.1, 0.15) is 0 Å².